The Morgan fingerprint density at radius 3 is 2.47 bits per heavy atom. The standard InChI is InChI=1S/C10H16O5/c1-3-5-10(13)15-7-8(11)6-14-9(12)4-2/h3,5,8,11H,4,6-7H2,1-2H3. The average Bonchev–Trinajstić information content (AvgIpc) is 2.23. The van der Waals surface area contributed by atoms with Gasteiger partial charge in [0.05, 0.1) is 0 Å². The van der Waals surface area contributed by atoms with Crippen LogP contribution in [0.5, 0.6) is 0 Å². The summed E-state index contributed by atoms with van der Waals surface area (Å²) in [6.45, 7) is 3.00. The molecule has 5 nitrogen and oxygen atoms in total. The molecular weight excluding hydrogens is 200 g/mol. The Morgan fingerprint density at radius 2 is 1.93 bits per heavy atom. The van der Waals surface area contributed by atoms with Crippen LogP contribution < -0.4 is 0 Å². The molecule has 0 rings (SSSR count). The first-order chi connectivity index (χ1) is 7.10. The second-order valence-corrected chi connectivity index (χ2v) is 2.82. The monoisotopic (exact) mass is 216 g/mol. The fourth-order valence-corrected chi connectivity index (χ4v) is 0.702. The Bertz CT molecular complexity index is 234. The molecule has 0 aliphatic carbocycles. The summed E-state index contributed by atoms with van der Waals surface area (Å²) in [5.74, 6) is -0.924. The summed E-state index contributed by atoms with van der Waals surface area (Å²) in [6.07, 6.45) is 2.05. The molecular formula is C10H16O5. The largest absolute Gasteiger partial charge is 0.463 e. The van der Waals surface area contributed by atoms with Gasteiger partial charge in [-0.25, -0.2) is 4.79 Å². The van der Waals surface area contributed by atoms with E-state index in [1.807, 2.05) is 0 Å². The highest BCUT2D eigenvalue weighted by atomic mass is 16.6. The summed E-state index contributed by atoms with van der Waals surface area (Å²) in [5, 5.41) is 9.23. The van der Waals surface area contributed by atoms with Crippen molar-refractivity contribution in [3.05, 3.63) is 12.2 Å². The summed E-state index contributed by atoms with van der Waals surface area (Å²) in [4.78, 5) is 21.5. The van der Waals surface area contributed by atoms with Crippen molar-refractivity contribution in [1.82, 2.24) is 0 Å². The lowest BCUT2D eigenvalue weighted by Gasteiger charge is -2.10. The molecule has 0 fully saturated rings. The third-order valence-electron chi connectivity index (χ3n) is 1.45. The van der Waals surface area contributed by atoms with Gasteiger partial charge in [-0.15, -0.1) is 0 Å². The lowest BCUT2D eigenvalue weighted by molar-refractivity contribution is -0.149. The van der Waals surface area contributed by atoms with Gasteiger partial charge in [-0.05, 0) is 6.92 Å². The van der Waals surface area contributed by atoms with Gasteiger partial charge < -0.3 is 14.6 Å². The van der Waals surface area contributed by atoms with Crippen LogP contribution in [-0.4, -0.2) is 36.4 Å². The summed E-state index contributed by atoms with van der Waals surface area (Å²) in [5.41, 5.74) is 0. The molecule has 0 bridgehead atoms. The number of carbonyl (C=O) groups excluding carboxylic acids is 2. The second-order valence-electron chi connectivity index (χ2n) is 2.82. The fourth-order valence-electron chi connectivity index (χ4n) is 0.702. The van der Waals surface area contributed by atoms with E-state index in [9.17, 15) is 14.7 Å². The van der Waals surface area contributed by atoms with Crippen molar-refractivity contribution in [2.45, 2.75) is 26.4 Å². The third-order valence-corrected chi connectivity index (χ3v) is 1.45. The summed E-state index contributed by atoms with van der Waals surface area (Å²) in [6, 6.07) is 0. The van der Waals surface area contributed by atoms with E-state index in [0.29, 0.717) is 0 Å². The van der Waals surface area contributed by atoms with Crippen LogP contribution >= 0.6 is 0 Å². The van der Waals surface area contributed by atoms with Crippen LogP contribution in [0.2, 0.25) is 0 Å². The topological polar surface area (TPSA) is 72.8 Å². The first-order valence-electron chi connectivity index (χ1n) is 4.73. The molecule has 0 saturated heterocycles. The zero-order chi connectivity index (χ0) is 11.7. The molecule has 0 heterocycles. The van der Waals surface area contributed by atoms with E-state index >= 15 is 0 Å². The van der Waals surface area contributed by atoms with Crippen molar-refractivity contribution in [2.24, 2.45) is 0 Å². The van der Waals surface area contributed by atoms with Crippen molar-refractivity contribution in [1.29, 1.82) is 0 Å². The van der Waals surface area contributed by atoms with Crippen molar-refractivity contribution in [3.63, 3.8) is 0 Å². The van der Waals surface area contributed by atoms with Crippen molar-refractivity contribution >= 4 is 11.9 Å². The second kappa shape index (κ2) is 7.99. The van der Waals surface area contributed by atoms with Crippen LogP contribution in [0, 0.1) is 0 Å². The van der Waals surface area contributed by atoms with Crippen LogP contribution in [0.1, 0.15) is 20.3 Å². The zero-order valence-corrected chi connectivity index (χ0v) is 8.93. The Hall–Kier alpha value is -1.36. The first-order valence-corrected chi connectivity index (χ1v) is 4.73. The van der Waals surface area contributed by atoms with E-state index in [0.717, 1.165) is 0 Å². The molecule has 0 aromatic heterocycles. The predicted octanol–water partition coefficient (Wildman–Crippen LogP) is 0.420. The number of hydrogen-bond acceptors (Lipinski definition) is 5. The minimum atomic E-state index is -0.977. The molecule has 0 aromatic rings. The van der Waals surface area contributed by atoms with Gasteiger partial charge in [0.15, 0.2) is 0 Å². The van der Waals surface area contributed by atoms with E-state index in [2.05, 4.69) is 9.47 Å². The number of allylic oxidation sites excluding steroid dienone is 1. The van der Waals surface area contributed by atoms with Crippen LogP contribution in [-0.2, 0) is 19.1 Å². The molecule has 1 N–H and O–H groups in total. The van der Waals surface area contributed by atoms with Gasteiger partial charge in [0, 0.05) is 12.5 Å². The van der Waals surface area contributed by atoms with E-state index in [1.54, 1.807) is 13.8 Å². The van der Waals surface area contributed by atoms with Gasteiger partial charge in [0.2, 0.25) is 0 Å². The van der Waals surface area contributed by atoms with Crippen LogP contribution in [0.15, 0.2) is 12.2 Å². The van der Waals surface area contributed by atoms with Gasteiger partial charge in [0.1, 0.15) is 19.3 Å². The van der Waals surface area contributed by atoms with Gasteiger partial charge in [-0.1, -0.05) is 13.0 Å². The first kappa shape index (κ1) is 13.6. The SMILES string of the molecule is CC=CC(=O)OCC(O)COC(=O)CC. The van der Waals surface area contributed by atoms with E-state index in [1.165, 1.54) is 12.2 Å². The lowest BCUT2D eigenvalue weighted by Crippen LogP contribution is -2.24. The molecule has 0 radical (unpaired) electrons. The molecule has 15 heavy (non-hydrogen) atoms. The minimum Gasteiger partial charge on any atom is -0.463 e. The summed E-state index contributed by atoms with van der Waals surface area (Å²) >= 11 is 0. The summed E-state index contributed by atoms with van der Waals surface area (Å²) < 4.78 is 9.29. The van der Waals surface area contributed by atoms with Crippen molar-refractivity contribution in [2.75, 3.05) is 13.2 Å². The number of rotatable bonds is 6. The Morgan fingerprint density at radius 1 is 1.33 bits per heavy atom. The molecule has 86 valence electrons. The summed E-state index contributed by atoms with van der Waals surface area (Å²) in [7, 11) is 0. The molecule has 0 aliphatic rings. The van der Waals surface area contributed by atoms with Crippen LogP contribution in [0.25, 0.3) is 0 Å². The molecule has 0 spiro atoms. The molecule has 0 aromatic carbocycles. The van der Waals surface area contributed by atoms with E-state index in [-0.39, 0.29) is 19.6 Å². The predicted molar refractivity (Wildman–Crippen MR) is 53.0 cm³/mol. The van der Waals surface area contributed by atoms with Gasteiger partial charge in [-0.3, -0.25) is 4.79 Å². The van der Waals surface area contributed by atoms with E-state index in [4.69, 9.17) is 0 Å². The Kier molecular flexibility index (Phi) is 7.27. The fraction of sp³-hybridized carbons (Fsp3) is 0.600. The maximum absolute atomic E-state index is 10.8. The maximum Gasteiger partial charge on any atom is 0.330 e. The number of aliphatic hydroxyl groups excluding tert-OH is 1. The third kappa shape index (κ3) is 7.69. The maximum atomic E-state index is 10.8. The van der Waals surface area contributed by atoms with Crippen LogP contribution in [0.3, 0.4) is 0 Å². The number of hydrogen-bond donors (Lipinski definition) is 1. The average molecular weight is 216 g/mol. The number of aliphatic hydroxyl groups is 1. The lowest BCUT2D eigenvalue weighted by atomic mass is 10.4. The van der Waals surface area contributed by atoms with E-state index < -0.39 is 18.0 Å². The van der Waals surface area contributed by atoms with Gasteiger partial charge in [-0.2, -0.15) is 0 Å². The molecule has 0 saturated carbocycles. The Balaban J connectivity index is 3.61. The zero-order valence-electron chi connectivity index (χ0n) is 8.93. The molecule has 5 heteroatoms. The molecule has 0 amide bonds. The molecule has 0 aliphatic heterocycles. The van der Waals surface area contributed by atoms with Crippen LogP contribution in [0.4, 0.5) is 0 Å². The quantitative estimate of drug-likeness (QED) is 0.514. The molecule has 1 unspecified atom stereocenters. The van der Waals surface area contributed by atoms with Crippen molar-refractivity contribution in [3.8, 4) is 0 Å². The highest BCUT2D eigenvalue weighted by molar-refractivity contribution is 5.81. The van der Waals surface area contributed by atoms with Gasteiger partial charge >= 0.3 is 11.9 Å². The highest BCUT2D eigenvalue weighted by Crippen LogP contribution is 1.92. The Labute approximate surface area is 88.7 Å². The number of ether oxygens (including phenoxy) is 2. The normalized spacial score (nSPS) is 12.5. The van der Waals surface area contributed by atoms with Gasteiger partial charge in [0.25, 0.3) is 0 Å². The molecule has 1 atom stereocenters. The smallest absolute Gasteiger partial charge is 0.330 e. The minimum absolute atomic E-state index is 0.157. The van der Waals surface area contributed by atoms with Crippen molar-refractivity contribution < 1.29 is 24.2 Å². The number of esters is 2. The highest BCUT2D eigenvalue weighted by Gasteiger charge is 2.09. The number of carbonyl (C=O) groups is 2.